The van der Waals surface area contributed by atoms with Gasteiger partial charge in [-0.2, -0.15) is 0 Å². The maximum atomic E-state index is 10.3. The van der Waals surface area contributed by atoms with Crippen LogP contribution in [0.4, 0.5) is 0 Å². The quantitative estimate of drug-likeness (QED) is 0.842. The summed E-state index contributed by atoms with van der Waals surface area (Å²) in [5, 5.41) is 10.3. The van der Waals surface area contributed by atoms with Crippen LogP contribution in [0.3, 0.4) is 0 Å². The molecule has 94 valence electrons. The van der Waals surface area contributed by atoms with Crippen molar-refractivity contribution in [2.75, 3.05) is 6.54 Å². The summed E-state index contributed by atoms with van der Waals surface area (Å²) in [5.41, 5.74) is 8.51. The van der Waals surface area contributed by atoms with E-state index >= 15 is 0 Å². The van der Waals surface area contributed by atoms with Gasteiger partial charge in [-0.1, -0.05) is 37.1 Å². The van der Waals surface area contributed by atoms with Gasteiger partial charge in [0, 0.05) is 12.0 Å². The fourth-order valence-electron chi connectivity index (χ4n) is 2.99. The van der Waals surface area contributed by atoms with Gasteiger partial charge in [0.05, 0.1) is 6.10 Å². The number of hydrogen-bond donors (Lipinski definition) is 2. The van der Waals surface area contributed by atoms with Crippen LogP contribution < -0.4 is 5.73 Å². The fraction of sp³-hybridized carbons (Fsp3) is 0.600. The van der Waals surface area contributed by atoms with Crippen molar-refractivity contribution < 1.29 is 5.11 Å². The van der Waals surface area contributed by atoms with Crippen molar-refractivity contribution in [1.29, 1.82) is 0 Å². The van der Waals surface area contributed by atoms with Crippen molar-refractivity contribution in [3.8, 4) is 0 Å². The van der Waals surface area contributed by atoms with Gasteiger partial charge < -0.3 is 10.8 Å². The number of benzene rings is 1. The van der Waals surface area contributed by atoms with Gasteiger partial charge in [0.1, 0.15) is 0 Å². The van der Waals surface area contributed by atoms with Crippen LogP contribution >= 0.6 is 0 Å². The lowest BCUT2D eigenvalue weighted by Crippen LogP contribution is -2.45. The highest BCUT2D eigenvalue weighted by Gasteiger charge is 2.38. The zero-order chi connectivity index (χ0) is 12.3. The van der Waals surface area contributed by atoms with Crippen LogP contribution in [0.25, 0.3) is 0 Å². The predicted molar refractivity (Wildman–Crippen MR) is 70.8 cm³/mol. The first-order valence-corrected chi connectivity index (χ1v) is 6.60. The van der Waals surface area contributed by atoms with Crippen LogP contribution in [0, 0.1) is 12.3 Å². The average Bonchev–Trinajstić information content (AvgIpc) is 2.35. The summed E-state index contributed by atoms with van der Waals surface area (Å²) in [4.78, 5) is 0. The van der Waals surface area contributed by atoms with E-state index in [1.165, 1.54) is 17.5 Å². The van der Waals surface area contributed by atoms with Crippen molar-refractivity contribution in [3.05, 3.63) is 35.4 Å². The molecule has 0 heterocycles. The van der Waals surface area contributed by atoms with Crippen molar-refractivity contribution in [1.82, 2.24) is 0 Å². The Morgan fingerprint density at radius 3 is 2.76 bits per heavy atom. The summed E-state index contributed by atoms with van der Waals surface area (Å²) in [6, 6.07) is 8.43. The highest BCUT2D eigenvalue weighted by molar-refractivity contribution is 5.27. The van der Waals surface area contributed by atoms with Crippen LogP contribution in [0.15, 0.2) is 24.3 Å². The van der Waals surface area contributed by atoms with E-state index in [0.29, 0.717) is 6.54 Å². The van der Waals surface area contributed by atoms with Gasteiger partial charge in [-0.15, -0.1) is 0 Å². The van der Waals surface area contributed by atoms with Crippen LogP contribution in [0.2, 0.25) is 0 Å². The van der Waals surface area contributed by atoms with E-state index in [-0.39, 0.29) is 11.5 Å². The van der Waals surface area contributed by atoms with E-state index in [1.54, 1.807) is 0 Å². The topological polar surface area (TPSA) is 46.2 Å². The Bertz CT molecular complexity index is 377. The van der Waals surface area contributed by atoms with Crippen LogP contribution in [-0.2, 0) is 6.42 Å². The number of rotatable bonds is 3. The fourth-order valence-corrected chi connectivity index (χ4v) is 2.99. The van der Waals surface area contributed by atoms with Crippen molar-refractivity contribution in [2.24, 2.45) is 11.1 Å². The Balaban J connectivity index is 2.22. The molecule has 0 aromatic heterocycles. The molecular formula is C15H23NO. The summed E-state index contributed by atoms with van der Waals surface area (Å²) < 4.78 is 0. The third kappa shape index (κ3) is 2.53. The number of nitrogens with two attached hydrogens (primary N) is 1. The van der Waals surface area contributed by atoms with Crippen LogP contribution in [0.1, 0.15) is 36.8 Å². The highest BCUT2D eigenvalue weighted by Crippen LogP contribution is 2.39. The zero-order valence-electron chi connectivity index (χ0n) is 10.7. The van der Waals surface area contributed by atoms with E-state index in [9.17, 15) is 5.11 Å². The van der Waals surface area contributed by atoms with Crippen LogP contribution in [-0.4, -0.2) is 17.8 Å². The lowest BCUT2D eigenvalue weighted by molar-refractivity contribution is -0.00592. The largest absolute Gasteiger partial charge is 0.392 e. The van der Waals surface area contributed by atoms with E-state index in [1.807, 2.05) is 0 Å². The Hall–Kier alpha value is -0.860. The molecule has 2 heteroatoms. The van der Waals surface area contributed by atoms with Gasteiger partial charge in [0.25, 0.3) is 0 Å². The van der Waals surface area contributed by atoms with Crippen molar-refractivity contribution in [3.63, 3.8) is 0 Å². The summed E-state index contributed by atoms with van der Waals surface area (Å²) >= 11 is 0. The standard InChI is InChI=1S/C15H23NO/c1-12-6-2-3-7-13(12)10-15(11-16)9-5-4-8-14(15)17/h2-3,6-7,14,17H,4-5,8-11,16H2,1H3. The van der Waals surface area contributed by atoms with Gasteiger partial charge in [-0.25, -0.2) is 0 Å². The van der Waals surface area contributed by atoms with Gasteiger partial charge in [-0.3, -0.25) is 0 Å². The minimum atomic E-state index is -0.235. The molecule has 3 N–H and O–H groups in total. The lowest BCUT2D eigenvalue weighted by atomic mass is 9.68. The highest BCUT2D eigenvalue weighted by atomic mass is 16.3. The monoisotopic (exact) mass is 233 g/mol. The molecule has 1 aromatic carbocycles. The zero-order valence-corrected chi connectivity index (χ0v) is 10.7. The number of aliphatic hydroxyl groups excluding tert-OH is 1. The molecule has 0 radical (unpaired) electrons. The molecule has 1 fully saturated rings. The molecule has 0 saturated heterocycles. The second-order valence-electron chi connectivity index (χ2n) is 5.43. The summed E-state index contributed by atoms with van der Waals surface area (Å²) in [5.74, 6) is 0. The first kappa shape index (κ1) is 12.6. The van der Waals surface area contributed by atoms with Gasteiger partial charge in [0.2, 0.25) is 0 Å². The summed E-state index contributed by atoms with van der Waals surface area (Å²) in [6.45, 7) is 2.72. The molecule has 2 unspecified atom stereocenters. The molecule has 2 rings (SSSR count). The Morgan fingerprint density at radius 1 is 1.35 bits per heavy atom. The van der Waals surface area contributed by atoms with E-state index < -0.39 is 0 Å². The van der Waals surface area contributed by atoms with E-state index in [0.717, 1.165) is 25.7 Å². The Morgan fingerprint density at radius 2 is 2.12 bits per heavy atom. The second kappa shape index (κ2) is 5.19. The summed E-state index contributed by atoms with van der Waals surface area (Å²) in [6.07, 6.45) is 4.97. The minimum Gasteiger partial charge on any atom is -0.392 e. The maximum Gasteiger partial charge on any atom is 0.0611 e. The molecule has 2 atom stereocenters. The number of aliphatic hydroxyl groups is 1. The maximum absolute atomic E-state index is 10.3. The Labute approximate surface area is 104 Å². The SMILES string of the molecule is Cc1ccccc1CC1(CN)CCCCC1O. The molecule has 17 heavy (non-hydrogen) atoms. The third-order valence-corrected chi connectivity index (χ3v) is 4.32. The van der Waals surface area contributed by atoms with Crippen LogP contribution in [0.5, 0.6) is 0 Å². The number of aryl methyl sites for hydroxylation is 1. The Kier molecular flexibility index (Phi) is 3.85. The van der Waals surface area contributed by atoms with Gasteiger partial charge in [-0.05, 0) is 37.3 Å². The first-order chi connectivity index (χ1) is 8.18. The van der Waals surface area contributed by atoms with Gasteiger partial charge >= 0.3 is 0 Å². The number of hydrogen-bond acceptors (Lipinski definition) is 2. The van der Waals surface area contributed by atoms with E-state index in [4.69, 9.17) is 5.73 Å². The molecule has 0 amide bonds. The molecule has 2 nitrogen and oxygen atoms in total. The normalized spacial score (nSPS) is 29.2. The molecule has 1 saturated carbocycles. The molecule has 1 aliphatic carbocycles. The summed E-state index contributed by atoms with van der Waals surface area (Å²) in [7, 11) is 0. The van der Waals surface area contributed by atoms with Crippen molar-refractivity contribution >= 4 is 0 Å². The molecule has 1 aromatic rings. The molecular weight excluding hydrogens is 210 g/mol. The second-order valence-corrected chi connectivity index (χ2v) is 5.43. The molecule has 0 bridgehead atoms. The van der Waals surface area contributed by atoms with Crippen molar-refractivity contribution in [2.45, 2.75) is 45.1 Å². The van der Waals surface area contributed by atoms with Gasteiger partial charge in [0.15, 0.2) is 0 Å². The van der Waals surface area contributed by atoms with E-state index in [2.05, 4.69) is 31.2 Å². The molecule has 0 spiro atoms. The third-order valence-electron chi connectivity index (χ3n) is 4.32. The predicted octanol–water partition coefficient (Wildman–Crippen LogP) is 2.42. The minimum absolute atomic E-state index is 0.0929. The molecule has 0 aliphatic heterocycles. The lowest BCUT2D eigenvalue weighted by Gasteiger charge is -2.41. The molecule has 1 aliphatic rings. The smallest absolute Gasteiger partial charge is 0.0611 e. The first-order valence-electron chi connectivity index (χ1n) is 6.60. The average molecular weight is 233 g/mol.